The van der Waals surface area contributed by atoms with Crippen LogP contribution in [0.25, 0.3) is 0 Å². The molecule has 0 saturated carbocycles. The Hall–Kier alpha value is -1.88. The van der Waals surface area contributed by atoms with E-state index in [1.54, 1.807) is 0 Å². The highest BCUT2D eigenvalue weighted by Gasteiger charge is 2.24. The molecule has 5 nitrogen and oxygen atoms in total. The number of hydrogen-bond donors (Lipinski definition) is 2. The number of methoxy groups -OCH3 is 1. The summed E-state index contributed by atoms with van der Waals surface area (Å²) in [5, 5.41) is 5.91. The van der Waals surface area contributed by atoms with Gasteiger partial charge in [-0.1, -0.05) is 30.3 Å². The third kappa shape index (κ3) is 6.90. The average molecular weight is 292 g/mol. The normalized spacial score (nSPS) is 12.6. The predicted octanol–water partition coefficient (Wildman–Crippen LogP) is 1.62. The molecule has 2 N–H and O–H groups in total. The maximum Gasteiger partial charge on any atom is 0.323 e. The zero-order valence-electron chi connectivity index (χ0n) is 13.1. The van der Waals surface area contributed by atoms with Crippen LogP contribution in [0.3, 0.4) is 0 Å². The zero-order chi connectivity index (χ0) is 15.9. The molecule has 21 heavy (non-hydrogen) atoms. The van der Waals surface area contributed by atoms with Crippen LogP contribution in [-0.4, -0.2) is 30.6 Å². The molecule has 0 aliphatic carbocycles. The summed E-state index contributed by atoms with van der Waals surface area (Å²) >= 11 is 0. The molecule has 0 spiro atoms. The van der Waals surface area contributed by atoms with Crippen molar-refractivity contribution in [2.24, 2.45) is 0 Å². The molecule has 1 aromatic rings. The molecule has 0 fully saturated rings. The van der Waals surface area contributed by atoms with Gasteiger partial charge in [-0.3, -0.25) is 14.9 Å². The predicted molar refractivity (Wildman–Crippen MR) is 81.6 cm³/mol. The fraction of sp³-hybridized carbons (Fsp3) is 0.500. The lowest BCUT2D eigenvalue weighted by Crippen LogP contribution is -2.46. The summed E-state index contributed by atoms with van der Waals surface area (Å²) in [6.07, 6.45) is 0.0524. The highest BCUT2D eigenvalue weighted by Crippen LogP contribution is 2.04. The molecule has 0 heterocycles. The quantitative estimate of drug-likeness (QED) is 0.782. The van der Waals surface area contributed by atoms with Crippen molar-refractivity contribution in [3.8, 4) is 0 Å². The van der Waals surface area contributed by atoms with Crippen molar-refractivity contribution in [1.29, 1.82) is 0 Å². The summed E-state index contributed by atoms with van der Waals surface area (Å²) in [5.74, 6) is -0.617. The molecule has 0 aliphatic rings. The number of hydrogen-bond acceptors (Lipinski definition) is 4. The van der Waals surface area contributed by atoms with Crippen LogP contribution < -0.4 is 10.6 Å². The van der Waals surface area contributed by atoms with Crippen LogP contribution in [0.5, 0.6) is 0 Å². The van der Waals surface area contributed by atoms with E-state index in [0.29, 0.717) is 6.54 Å². The molecule has 0 aliphatic heterocycles. The number of nitrogens with one attached hydrogen (secondary N) is 2. The molecule has 0 aromatic heterocycles. The first-order chi connectivity index (χ1) is 9.81. The third-order valence-corrected chi connectivity index (χ3v) is 2.79. The average Bonchev–Trinajstić information content (AvgIpc) is 2.41. The van der Waals surface area contributed by atoms with E-state index in [1.165, 1.54) is 7.11 Å². The van der Waals surface area contributed by atoms with Gasteiger partial charge in [0, 0.05) is 12.1 Å². The minimum atomic E-state index is -0.655. The highest BCUT2D eigenvalue weighted by atomic mass is 16.5. The monoisotopic (exact) mass is 292 g/mol. The molecule has 1 aromatic carbocycles. The van der Waals surface area contributed by atoms with E-state index in [1.807, 2.05) is 51.1 Å². The van der Waals surface area contributed by atoms with Crippen LogP contribution in [0.4, 0.5) is 0 Å². The summed E-state index contributed by atoms with van der Waals surface area (Å²) in [5.41, 5.74) is 0.722. The molecule has 116 valence electrons. The highest BCUT2D eigenvalue weighted by molar-refractivity contribution is 5.85. The Morgan fingerprint density at radius 2 is 1.81 bits per heavy atom. The van der Waals surface area contributed by atoms with E-state index < -0.39 is 12.0 Å². The van der Waals surface area contributed by atoms with Crippen molar-refractivity contribution in [3.63, 3.8) is 0 Å². The second-order valence-corrected chi connectivity index (χ2v) is 5.94. The van der Waals surface area contributed by atoms with Gasteiger partial charge in [-0.15, -0.1) is 0 Å². The zero-order valence-corrected chi connectivity index (χ0v) is 13.1. The molecule has 0 saturated heterocycles. The number of rotatable bonds is 6. The fourth-order valence-corrected chi connectivity index (χ4v) is 1.87. The first kappa shape index (κ1) is 17.2. The molecule has 1 atom stereocenters. The Bertz CT molecular complexity index is 466. The van der Waals surface area contributed by atoms with Gasteiger partial charge in [0.05, 0.1) is 13.5 Å². The SMILES string of the molecule is COC(=O)[C@H](CC(=O)NC(C)(C)C)NCc1ccccc1. The lowest BCUT2D eigenvalue weighted by atomic mass is 10.1. The molecule has 5 heteroatoms. The van der Waals surface area contributed by atoms with E-state index in [9.17, 15) is 9.59 Å². The van der Waals surface area contributed by atoms with Crippen LogP contribution in [0, 0.1) is 0 Å². The van der Waals surface area contributed by atoms with E-state index >= 15 is 0 Å². The van der Waals surface area contributed by atoms with E-state index in [0.717, 1.165) is 5.56 Å². The second-order valence-electron chi connectivity index (χ2n) is 5.94. The molecular formula is C16H24N2O3. The largest absolute Gasteiger partial charge is 0.468 e. The summed E-state index contributed by atoms with van der Waals surface area (Å²) in [4.78, 5) is 23.7. The molecule has 1 rings (SSSR count). The van der Waals surface area contributed by atoms with Gasteiger partial charge in [0.15, 0.2) is 0 Å². The van der Waals surface area contributed by atoms with Gasteiger partial charge < -0.3 is 10.1 Å². The minimum absolute atomic E-state index is 0.0524. The third-order valence-electron chi connectivity index (χ3n) is 2.79. The Kier molecular flexibility index (Phi) is 6.37. The first-order valence-corrected chi connectivity index (χ1v) is 6.98. The van der Waals surface area contributed by atoms with Crippen molar-refractivity contribution in [1.82, 2.24) is 10.6 Å². The Labute approximate surface area is 126 Å². The lowest BCUT2D eigenvalue weighted by molar-refractivity contribution is -0.145. The number of ether oxygens (including phenoxy) is 1. The standard InChI is InChI=1S/C16H24N2O3/c1-16(2,3)18-14(19)10-13(15(20)21-4)17-11-12-8-6-5-7-9-12/h5-9,13,17H,10-11H2,1-4H3,(H,18,19)/t13-/m0/s1. The maximum atomic E-state index is 11.9. The van der Waals surface area contributed by atoms with Gasteiger partial charge in [0.2, 0.25) is 5.91 Å². The van der Waals surface area contributed by atoms with E-state index in [-0.39, 0.29) is 17.9 Å². The number of amides is 1. The van der Waals surface area contributed by atoms with Crippen LogP contribution >= 0.6 is 0 Å². The van der Waals surface area contributed by atoms with Gasteiger partial charge >= 0.3 is 5.97 Å². The summed E-state index contributed by atoms with van der Waals surface area (Å²) in [6, 6.07) is 9.04. The van der Waals surface area contributed by atoms with E-state index in [4.69, 9.17) is 4.74 Å². The molecule has 0 bridgehead atoms. The smallest absolute Gasteiger partial charge is 0.323 e. The first-order valence-electron chi connectivity index (χ1n) is 6.98. The Morgan fingerprint density at radius 1 is 1.19 bits per heavy atom. The van der Waals surface area contributed by atoms with Crippen molar-refractivity contribution in [2.45, 2.75) is 45.3 Å². The Balaban J connectivity index is 2.60. The van der Waals surface area contributed by atoms with Gasteiger partial charge in [0.25, 0.3) is 0 Å². The van der Waals surface area contributed by atoms with Crippen LogP contribution in [0.1, 0.15) is 32.8 Å². The van der Waals surface area contributed by atoms with Gasteiger partial charge in [-0.05, 0) is 26.3 Å². The van der Waals surface area contributed by atoms with Crippen molar-refractivity contribution < 1.29 is 14.3 Å². The molecular weight excluding hydrogens is 268 g/mol. The summed E-state index contributed by atoms with van der Waals surface area (Å²) in [6.45, 7) is 6.20. The van der Waals surface area contributed by atoms with Crippen molar-refractivity contribution in [2.75, 3.05) is 7.11 Å². The summed E-state index contributed by atoms with van der Waals surface area (Å²) in [7, 11) is 1.32. The Morgan fingerprint density at radius 3 is 2.33 bits per heavy atom. The topological polar surface area (TPSA) is 67.4 Å². The van der Waals surface area contributed by atoms with Crippen LogP contribution in [-0.2, 0) is 20.9 Å². The summed E-state index contributed by atoms with van der Waals surface area (Å²) < 4.78 is 4.75. The number of benzene rings is 1. The number of esters is 1. The molecule has 0 radical (unpaired) electrons. The van der Waals surface area contributed by atoms with Gasteiger partial charge in [0.1, 0.15) is 6.04 Å². The van der Waals surface area contributed by atoms with Gasteiger partial charge in [-0.25, -0.2) is 0 Å². The number of carbonyl (C=O) groups excluding carboxylic acids is 2. The van der Waals surface area contributed by atoms with Crippen LogP contribution in [0.15, 0.2) is 30.3 Å². The van der Waals surface area contributed by atoms with Crippen molar-refractivity contribution >= 4 is 11.9 Å². The molecule has 1 amide bonds. The van der Waals surface area contributed by atoms with Crippen molar-refractivity contribution in [3.05, 3.63) is 35.9 Å². The molecule has 0 unspecified atom stereocenters. The maximum absolute atomic E-state index is 11.9. The lowest BCUT2D eigenvalue weighted by Gasteiger charge is -2.22. The minimum Gasteiger partial charge on any atom is -0.468 e. The number of carbonyl (C=O) groups is 2. The second kappa shape index (κ2) is 7.78. The van der Waals surface area contributed by atoms with E-state index in [2.05, 4.69) is 10.6 Å². The van der Waals surface area contributed by atoms with Gasteiger partial charge in [-0.2, -0.15) is 0 Å². The van der Waals surface area contributed by atoms with Crippen LogP contribution in [0.2, 0.25) is 0 Å². The fourth-order valence-electron chi connectivity index (χ4n) is 1.87.